The zero-order valence-electron chi connectivity index (χ0n) is 7.20. The van der Waals surface area contributed by atoms with Crippen LogP contribution in [0.5, 0.6) is 0 Å². The third kappa shape index (κ3) is 1.31. The summed E-state index contributed by atoms with van der Waals surface area (Å²) in [6.07, 6.45) is -1.52. The van der Waals surface area contributed by atoms with Gasteiger partial charge in [0, 0.05) is 7.11 Å². The van der Waals surface area contributed by atoms with E-state index in [9.17, 15) is 19.2 Å². The molecule has 1 rings (SSSR count). The summed E-state index contributed by atoms with van der Waals surface area (Å²) in [6, 6.07) is 0. The number of methoxy groups -OCH3 is 1. The quantitative estimate of drug-likeness (QED) is 0.383. The highest BCUT2D eigenvalue weighted by Gasteiger charge is 2.46. The molecule has 0 radical (unpaired) electrons. The van der Waals surface area contributed by atoms with Gasteiger partial charge in [-0.05, 0) is 6.92 Å². The van der Waals surface area contributed by atoms with Crippen LogP contribution in [-0.2, 0) is 23.9 Å². The lowest BCUT2D eigenvalue weighted by molar-refractivity contribution is -0.159. The molecule has 0 aromatic rings. The van der Waals surface area contributed by atoms with E-state index in [1.165, 1.54) is 6.92 Å². The molecule has 1 saturated carbocycles. The van der Waals surface area contributed by atoms with Crippen LogP contribution in [0, 0.1) is 5.92 Å². The molecular formula is C8H8O5. The van der Waals surface area contributed by atoms with Crippen molar-refractivity contribution in [3.63, 3.8) is 0 Å². The van der Waals surface area contributed by atoms with Crippen molar-refractivity contribution < 1.29 is 23.9 Å². The van der Waals surface area contributed by atoms with Gasteiger partial charge in [0.25, 0.3) is 0 Å². The van der Waals surface area contributed by atoms with Crippen LogP contribution < -0.4 is 0 Å². The Morgan fingerprint density at radius 3 is 1.62 bits per heavy atom. The van der Waals surface area contributed by atoms with Gasteiger partial charge in [-0.3, -0.25) is 19.2 Å². The molecule has 0 unspecified atom stereocenters. The fourth-order valence-electron chi connectivity index (χ4n) is 1.14. The average molecular weight is 184 g/mol. The molecule has 1 aliphatic rings. The van der Waals surface area contributed by atoms with Crippen LogP contribution in [0.3, 0.4) is 0 Å². The number of Topliss-reactive ketones (excluding diaryl/α,β-unsaturated/α-hetero) is 4. The Labute approximate surface area is 74.0 Å². The van der Waals surface area contributed by atoms with E-state index in [4.69, 9.17) is 0 Å². The summed E-state index contributed by atoms with van der Waals surface area (Å²) in [5, 5.41) is 0. The van der Waals surface area contributed by atoms with E-state index in [1.54, 1.807) is 0 Å². The molecule has 5 nitrogen and oxygen atoms in total. The minimum Gasteiger partial charge on any atom is -0.365 e. The molecule has 0 aromatic carbocycles. The van der Waals surface area contributed by atoms with Crippen molar-refractivity contribution in [3.05, 3.63) is 0 Å². The molecule has 13 heavy (non-hydrogen) atoms. The summed E-state index contributed by atoms with van der Waals surface area (Å²) in [4.78, 5) is 44.2. The van der Waals surface area contributed by atoms with Crippen molar-refractivity contribution in [1.82, 2.24) is 0 Å². The molecule has 5 heteroatoms. The molecule has 0 spiro atoms. The largest absolute Gasteiger partial charge is 0.365 e. The van der Waals surface area contributed by atoms with Gasteiger partial charge in [-0.15, -0.1) is 0 Å². The highest BCUT2D eigenvalue weighted by atomic mass is 16.5. The molecule has 0 atom stereocenters. The molecule has 0 saturated heterocycles. The third-order valence-corrected chi connectivity index (χ3v) is 1.98. The minimum absolute atomic E-state index is 0.851. The predicted molar refractivity (Wildman–Crippen MR) is 40.0 cm³/mol. The molecular weight excluding hydrogens is 176 g/mol. The van der Waals surface area contributed by atoms with Crippen molar-refractivity contribution >= 4 is 23.1 Å². The minimum atomic E-state index is -1.52. The maximum absolute atomic E-state index is 11.1. The standard InChI is InChI=1S/C8H8O5/c1-3-4(9)6(11)8(13-2)7(12)5(3)10/h3,8H,1-2H3. The first kappa shape index (κ1) is 9.73. The van der Waals surface area contributed by atoms with E-state index in [0.717, 1.165) is 7.11 Å². The highest BCUT2D eigenvalue weighted by molar-refractivity contribution is 6.61. The van der Waals surface area contributed by atoms with Crippen LogP contribution in [0.4, 0.5) is 0 Å². The van der Waals surface area contributed by atoms with Crippen LogP contribution in [0.2, 0.25) is 0 Å². The Hall–Kier alpha value is -1.36. The first-order chi connectivity index (χ1) is 6.00. The van der Waals surface area contributed by atoms with Crippen molar-refractivity contribution in [2.75, 3.05) is 7.11 Å². The summed E-state index contributed by atoms with van der Waals surface area (Å²) in [7, 11) is 1.11. The predicted octanol–water partition coefficient (Wildman–Crippen LogP) is -1.07. The van der Waals surface area contributed by atoms with Crippen LogP contribution in [-0.4, -0.2) is 36.3 Å². The molecule has 0 amide bonds. The lowest BCUT2D eigenvalue weighted by atomic mass is 9.84. The van der Waals surface area contributed by atoms with Gasteiger partial charge in [0.15, 0.2) is 6.10 Å². The summed E-state index contributed by atoms with van der Waals surface area (Å²) in [5.41, 5.74) is 0. The zero-order valence-corrected chi connectivity index (χ0v) is 7.20. The van der Waals surface area contributed by atoms with Gasteiger partial charge in [0.2, 0.25) is 23.1 Å². The van der Waals surface area contributed by atoms with Crippen molar-refractivity contribution in [1.29, 1.82) is 0 Å². The van der Waals surface area contributed by atoms with Crippen molar-refractivity contribution in [2.45, 2.75) is 13.0 Å². The Balaban J connectivity index is 3.06. The van der Waals surface area contributed by atoms with Gasteiger partial charge in [-0.1, -0.05) is 0 Å². The van der Waals surface area contributed by atoms with Crippen molar-refractivity contribution in [3.8, 4) is 0 Å². The highest BCUT2D eigenvalue weighted by Crippen LogP contribution is 2.13. The molecule has 0 heterocycles. The summed E-state index contributed by atoms with van der Waals surface area (Å²) < 4.78 is 4.46. The first-order valence-corrected chi connectivity index (χ1v) is 3.69. The number of carbonyl (C=O) groups excluding carboxylic acids is 4. The smallest absolute Gasteiger partial charge is 0.235 e. The van der Waals surface area contributed by atoms with E-state index in [-0.39, 0.29) is 0 Å². The van der Waals surface area contributed by atoms with Gasteiger partial charge in [-0.25, -0.2) is 0 Å². The number of hydrogen-bond donors (Lipinski definition) is 0. The summed E-state index contributed by atoms with van der Waals surface area (Å²) in [5.74, 6) is -4.71. The third-order valence-electron chi connectivity index (χ3n) is 1.98. The Morgan fingerprint density at radius 2 is 1.31 bits per heavy atom. The van der Waals surface area contributed by atoms with Crippen molar-refractivity contribution in [2.24, 2.45) is 5.92 Å². The van der Waals surface area contributed by atoms with E-state index < -0.39 is 35.2 Å². The van der Waals surface area contributed by atoms with Crippen LogP contribution in [0.1, 0.15) is 6.92 Å². The number of rotatable bonds is 1. The average Bonchev–Trinajstić information content (AvgIpc) is 2.13. The second-order valence-corrected chi connectivity index (χ2v) is 2.79. The van der Waals surface area contributed by atoms with E-state index in [0.29, 0.717) is 0 Å². The molecule has 0 bridgehead atoms. The van der Waals surface area contributed by atoms with Gasteiger partial charge >= 0.3 is 0 Å². The molecule has 0 aliphatic heterocycles. The van der Waals surface area contributed by atoms with Gasteiger partial charge in [0.05, 0.1) is 5.92 Å². The van der Waals surface area contributed by atoms with Gasteiger partial charge in [0.1, 0.15) is 0 Å². The topological polar surface area (TPSA) is 77.5 Å². The normalized spacial score (nSPS) is 29.7. The van der Waals surface area contributed by atoms with E-state index in [1.807, 2.05) is 0 Å². The zero-order chi connectivity index (χ0) is 10.2. The lowest BCUT2D eigenvalue weighted by Gasteiger charge is -2.19. The molecule has 1 fully saturated rings. The molecule has 1 aliphatic carbocycles. The second kappa shape index (κ2) is 3.18. The van der Waals surface area contributed by atoms with Gasteiger partial charge < -0.3 is 4.74 Å². The van der Waals surface area contributed by atoms with Gasteiger partial charge in [-0.2, -0.15) is 0 Å². The van der Waals surface area contributed by atoms with Crippen LogP contribution in [0.25, 0.3) is 0 Å². The number of ketones is 4. The second-order valence-electron chi connectivity index (χ2n) is 2.79. The fourth-order valence-corrected chi connectivity index (χ4v) is 1.14. The van der Waals surface area contributed by atoms with Crippen LogP contribution in [0.15, 0.2) is 0 Å². The summed E-state index contributed by atoms with van der Waals surface area (Å²) in [6.45, 7) is 1.24. The maximum Gasteiger partial charge on any atom is 0.235 e. The summed E-state index contributed by atoms with van der Waals surface area (Å²) >= 11 is 0. The molecule has 0 N–H and O–H groups in total. The number of carbonyl (C=O) groups is 4. The van der Waals surface area contributed by atoms with Crippen LogP contribution >= 0.6 is 0 Å². The lowest BCUT2D eigenvalue weighted by Crippen LogP contribution is -2.51. The number of ether oxygens (including phenoxy) is 1. The Morgan fingerprint density at radius 1 is 0.923 bits per heavy atom. The SMILES string of the molecule is COC1C(=O)C(=O)C(C)C(=O)C1=O. The number of hydrogen-bond acceptors (Lipinski definition) is 5. The fraction of sp³-hybridized carbons (Fsp3) is 0.500. The van der Waals surface area contributed by atoms with E-state index >= 15 is 0 Å². The van der Waals surface area contributed by atoms with E-state index in [2.05, 4.69) is 4.74 Å². The monoisotopic (exact) mass is 184 g/mol. The molecule has 0 aromatic heterocycles. The molecule has 70 valence electrons. The first-order valence-electron chi connectivity index (χ1n) is 3.69. The Bertz CT molecular complexity index is 276. The Kier molecular flexibility index (Phi) is 2.38. The maximum atomic E-state index is 11.1.